The van der Waals surface area contributed by atoms with Crippen LogP contribution in [0.3, 0.4) is 0 Å². The number of benzene rings is 3. The Hall–Kier alpha value is -3.12. The first-order valence-electron chi connectivity index (χ1n) is 9.32. The zero-order valence-electron chi connectivity index (χ0n) is 15.7. The number of nitrogens with one attached hydrogen (secondary N) is 1. The predicted molar refractivity (Wildman–Crippen MR) is 114 cm³/mol. The number of aromatic nitrogens is 2. The molecule has 0 unspecified atom stereocenters. The minimum Gasteiger partial charge on any atom is -0.351 e. The van der Waals surface area contributed by atoms with Crippen molar-refractivity contribution in [3.05, 3.63) is 95.8 Å². The highest BCUT2D eigenvalue weighted by atomic mass is 32.2. The van der Waals surface area contributed by atoms with Crippen LogP contribution in [0.5, 0.6) is 0 Å². The van der Waals surface area contributed by atoms with E-state index in [0.717, 1.165) is 27.3 Å². The maximum absolute atomic E-state index is 13.6. The van der Waals surface area contributed by atoms with Crippen LogP contribution in [0.15, 0.2) is 84.0 Å². The van der Waals surface area contributed by atoms with Gasteiger partial charge in [-0.05, 0) is 35.4 Å². The summed E-state index contributed by atoms with van der Waals surface area (Å²) >= 11 is 1.39. The number of thioether (sulfide) groups is 1. The third-order valence-electron chi connectivity index (χ3n) is 4.51. The topological polar surface area (TPSA) is 46.9 Å². The number of carbonyl (C=O) groups is 1. The lowest BCUT2D eigenvalue weighted by molar-refractivity contribution is -0.118. The summed E-state index contributed by atoms with van der Waals surface area (Å²) in [6.45, 7) is 0.992. The number of nitrogens with zero attached hydrogens (tertiary/aromatic N) is 2. The number of carbonyl (C=O) groups excluding carboxylic acids is 1. The second-order valence-electron chi connectivity index (χ2n) is 6.65. The van der Waals surface area contributed by atoms with Crippen molar-refractivity contribution in [1.82, 2.24) is 14.9 Å². The van der Waals surface area contributed by atoms with Gasteiger partial charge in [0.1, 0.15) is 5.82 Å². The van der Waals surface area contributed by atoms with E-state index in [4.69, 9.17) is 0 Å². The second-order valence-corrected chi connectivity index (χ2v) is 7.59. The van der Waals surface area contributed by atoms with Crippen molar-refractivity contribution in [3.63, 3.8) is 0 Å². The minimum atomic E-state index is -0.263. The van der Waals surface area contributed by atoms with Crippen LogP contribution in [-0.4, -0.2) is 21.2 Å². The maximum Gasteiger partial charge on any atom is 0.230 e. The molecule has 0 radical (unpaired) electrons. The van der Waals surface area contributed by atoms with E-state index >= 15 is 0 Å². The highest BCUT2D eigenvalue weighted by molar-refractivity contribution is 7.99. The highest BCUT2D eigenvalue weighted by Crippen LogP contribution is 2.25. The Balaban J connectivity index is 1.48. The third-order valence-corrected chi connectivity index (χ3v) is 5.49. The molecule has 0 aliphatic rings. The van der Waals surface area contributed by atoms with E-state index in [9.17, 15) is 9.18 Å². The fourth-order valence-corrected chi connectivity index (χ4v) is 3.96. The van der Waals surface area contributed by atoms with E-state index in [1.54, 1.807) is 6.07 Å². The summed E-state index contributed by atoms with van der Waals surface area (Å²) in [4.78, 5) is 17.0. The van der Waals surface area contributed by atoms with Gasteiger partial charge in [-0.3, -0.25) is 4.79 Å². The quantitative estimate of drug-likeness (QED) is 0.456. The van der Waals surface area contributed by atoms with Gasteiger partial charge in [0.15, 0.2) is 5.16 Å². The van der Waals surface area contributed by atoms with Crippen LogP contribution in [0.4, 0.5) is 4.39 Å². The Morgan fingerprint density at radius 3 is 2.55 bits per heavy atom. The molecule has 0 fully saturated rings. The molecule has 0 saturated heterocycles. The first kappa shape index (κ1) is 19.2. The molecule has 0 spiro atoms. The molecule has 0 aliphatic carbocycles. The van der Waals surface area contributed by atoms with E-state index in [1.165, 1.54) is 23.9 Å². The summed E-state index contributed by atoms with van der Waals surface area (Å²) in [7, 11) is 0. The molecule has 146 valence electrons. The second kappa shape index (κ2) is 8.92. The number of hydrogen-bond acceptors (Lipinski definition) is 3. The third kappa shape index (κ3) is 4.84. The zero-order valence-corrected chi connectivity index (χ0v) is 16.5. The van der Waals surface area contributed by atoms with E-state index < -0.39 is 0 Å². The first-order valence-corrected chi connectivity index (χ1v) is 10.3. The molecule has 1 amide bonds. The number of imidazole rings is 1. The van der Waals surface area contributed by atoms with E-state index in [-0.39, 0.29) is 17.5 Å². The largest absolute Gasteiger partial charge is 0.351 e. The van der Waals surface area contributed by atoms with Gasteiger partial charge in [0, 0.05) is 6.54 Å². The molecule has 0 atom stereocenters. The number of fused-ring (bicyclic) bond motifs is 1. The Morgan fingerprint density at radius 1 is 0.966 bits per heavy atom. The standard InChI is InChI=1S/C23H20FN3OS/c24-19-10-6-9-18(13-19)15-27-21-12-5-4-11-20(21)26-23(27)29-16-22(28)25-14-17-7-2-1-3-8-17/h1-13H,14-16H2,(H,25,28). The maximum atomic E-state index is 13.6. The summed E-state index contributed by atoms with van der Waals surface area (Å²) in [5, 5.41) is 3.67. The average Bonchev–Trinajstić information content (AvgIpc) is 3.09. The van der Waals surface area contributed by atoms with Gasteiger partial charge in [-0.25, -0.2) is 9.37 Å². The monoisotopic (exact) mass is 405 g/mol. The molecule has 1 heterocycles. The van der Waals surface area contributed by atoms with Crippen LogP contribution in [0, 0.1) is 5.82 Å². The van der Waals surface area contributed by atoms with Crippen LogP contribution in [0.1, 0.15) is 11.1 Å². The van der Waals surface area contributed by atoms with Gasteiger partial charge in [-0.1, -0.05) is 66.4 Å². The van der Waals surface area contributed by atoms with Crippen LogP contribution in [-0.2, 0) is 17.9 Å². The normalized spacial score (nSPS) is 10.9. The van der Waals surface area contributed by atoms with Gasteiger partial charge in [0.05, 0.1) is 23.3 Å². The van der Waals surface area contributed by atoms with Crippen LogP contribution < -0.4 is 5.32 Å². The number of amides is 1. The molecule has 4 rings (SSSR count). The number of para-hydroxylation sites is 2. The molecular formula is C23H20FN3OS. The summed E-state index contributed by atoms with van der Waals surface area (Å²) in [5.74, 6) is -0.0520. The van der Waals surface area contributed by atoms with Crippen molar-refractivity contribution < 1.29 is 9.18 Å². The molecular weight excluding hydrogens is 385 g/mol. The highest BCUT2D eigenvalue weighted by Gasteiger charge is 2.13. The number of hydrogen-bond donors (Lipinski definition) is 1. The lowest BCUT2D eigenvalue weighted by atomic mass is 10.2. The van der Waals surface area contributed by atoms with Crippen molar-refractivity contribution in [2.24, 2.45) is 0 Å². The van der Waals surface area contributed by atoms with Crippen molar-refractivity contribution in [2.45, 2.75) is 18.2 Å². The first-order chi connectivity index (χ1) is 14.2. The lowest BCUT2D eigenvalue weighted by Gasteiger charge is -2.10. The molecule has 0 saturated carbocycles. The van der Waals surface area contributed by atoms with Crippen molar-refractivity contribution in [2.75, 3.05) is 5.75 Å². The number of halogens is 1. The molecule has 6 heteroatoms. The van der Waals surface area contributed by atoms with Gasteiger partial charge in [-0.15, -0.1) is 0 Å². The summed E-state index contributed by atoms with van der Waals surface area (Å²) in [6.07, 6.45) is 0. The van der Waals surface area contributed by atoms with Crippen molar-refractivity contribution in [3.8, 4) is 0 Å². The molecule has 4 nitrogen and oxygen atoms in total. The van der Waals surface area contributed by atoms with Crippen molar-refractivity contribution in [1.29, 1.82) is 0 Å². The van der Waals surface area contributed by atoms with Gasteiger partial charge in [0.25, 0.3) is 0 Å². The molecule has 3 aromatic carbocycles. The average molecular weight is 405 g/mol. The van der Waals surface area contributed by atoms with E-state index in [1.807, 2.05) is 65.2 Å². The smallest absolute Gasteiger partial charge is 0.230 e. The Labute approximate surface area is 172 Å². The summed E-state index contributed by atoms with van der Waals surface area (Å²) in [5.41, 5.74) is 3.73. The SMILES string of the molecule is O=C(CSc1nc2ccccc2n1Cc1cccc(F)c1)NCc1ccccc1. The zero-order chi connectivity index (χ0) is 20.1. The molecule has 0 bridgehead atoms. The molecule has 1 N–H and O–H groups in total. The van der Waals surface area contributed by atoms with E-state index in [0.29, 0.717) is 13.1 Å². The lowest BCUT2D eigenvalue weighted by Crippen LogP contribution is -2.24. The molecule has 0 aliphatic heterocycles. The van der Waals surface area contributed by atoms with Crippen LogP contribution >= 0.6 is 11.8 Å². The fourth-order valence-electron chi connectivity index (χ4n) is 3.11. The van der Waals surface area contributed by atoms with Crippen LogP contribution in [0.25, 0.3) is 11.0 Å². The molecule has 1 aromatic heterocycles. The van der Waals surface area contributed by atoms with E-state index in [2.05, 4.69) is 10.3 Å². The fraction of sp³-hybridized carbons (Fsp3) is 0.130. The summed E-state index contributed by atoms with van der Waals surface area (Å²) < 4.78 is 15.6. The Kier molecular flexibility index (Phi) is 5.91. The van der Waals surface area contributed by atoms with Gasteiger partial charge in [0.2, 0.25) is 5.91 Å². The summed E-state index contributed by atoms with van der Waals surface area (Å²) in [6, 6.07) is 24.2. The van der Waals surface area contributed by atoms with Crippen LogP contribution in [0.2, 0.25) is 0 Å². The van der Waals surface area contributed by atoms with Gasteiger partial charge >= 0.3 is 0 Å². The minimum absolute atomic E-state index is 0.0526. The molecule has 4 aromatic rings. The molecule has 29 heavy (non-hydrogen) atoms. The Bertz CT molecular complexity index is 1130. The van der Waals surface area contributed by atoms with Gasteiger partial charge < -0.3 is 9.88 Å². The Morgan fingerprint density at radius 2 is 1.72 bits per heavy atom. The van der Waals surface area contributed by atoms with Crippen molar-refractivity contribution >= 4 is 28.7 Å². The number of rotatable bonds is 7. The predicted octanol–water partition coefficient (Wildman–Crippen LogP) is 4.63. The van der Waals surface area contributed by atoms with Gasteiger partial charge in [-0.2, -0.15) is 0 Å².